The monoisotopic (exact) mass is 412 g/mol. The first-order valence-corrected chi connectivity index (χ1v) is 11.2. The molecule has 4 rings (SSSR count). The van der Waals surface area contributed by atoms with Gasteiger partial charge in [0.15, 0.2) is 5.03 Å². The molecule has 2 aliphatic rings. The summed E-state index contributed by atoms with van der Waals surface area (Å²) in [4.78, 5) is 18.2. The maximum Gasteiger partial charge on any atom is 0.298 e. The van der Waals surface area contributed by atoms with Crippen molar-refractivity contribution < 1.29 is 13.2 Å². The average molecular weight is 413 g/mol. The molecular weight excluding hydrogens is 388 g/mol. The molecule has 1 aromatic heterocycles. The second-order valence-electron chi connectivity index (χ2n) is 7.87. The predicted molar refractivity (Wildman–Crippen MR) is 108 cm³/mol. The Hall–Kier alpha value is -2.63. The van der Waals surface area contributed by atoms with E-state index in [1.165, 1.54) is 12.5 Å². The highest BCUT2D eigenvalue weighted by Crippen LogP contribution is 2.42. The first-order chi connectivity index (χ1) is 13.9. The number of piperidine rings is 1. The fourth-order valence-electron chi connectivity index (χ4n) is 4.07. The van der Waals surface area contributed by atoms with Crippen LogP contribution in [0.4, 0.5) is 0 Å². The van der Waals surface area contributed by atoms with Crippen LogP contribution in [0.3, 0.4) is 0 Å². The Kier molecular flexibility index (Phi) is 5.19. The smallest absolute Gasteiger partial charge is 0.298 e. The molecule has 1 amide bonds. The summed E-state index contributed by atoms with van der Waals surface area (Å²) < 4.78 is 28.8. The lowest BCUT2D eigenvalue weighted by Crippen LogP contribution is -2.44. The minimum Gasteiger partial charge on any atom is -0.339 e. The minimum atomic E-state index is -3.56. The fraction of sp³-hybridized carbons (Fsp3) is 0.429. The van der Waals surface area contributed by atoms with Crippen molar-refractivity contribution in [3.63, 3.8) is 0 Å². The zero-order valence-electron chi connectivity index (χ0n) is 16.4. The van der Waals surface area contributed by atoms with Crippen LogP contribution in [0, 0.1) is 17.3 Å². The van der Waals surface area contributed by atoms with Gasteiger partial charge >= 0.3 is 0 Å². The van der Waals surface area contributed by atoms with Gasteiger partial charge in [0.2, 0.25) is 0 Å². The van der Waals surface area contributed by atoms with Gasteiger partial charge in [-0.25, -0.2) is 13.4 Å². The first-order valence-electron chi connectivity index (χ1n) is 9.72. The molecule has 8 heteroatoms. The van der Waals surface area contributed by atoms with Gasteiger partial charge in [-0.15, -0.1) is 0 Å². The van der Waals surface area contributed by atoms with Crippen molar-refractivity contribution in [1.82, 2.24) is 18.8 Å². The Balaban J connectivity index is 1.37. The molecule has 0 atom stereocenters. The quantitative estimate of drug-likeness (QED) is 0.700. The van der Waals surface area contributed by atoms with Crippen LogP contribution in [0.25, 0.3) is 0 Å². The Bertz CT molecular complexity index is 1060. The number of rotatable bonds is 2. The van der Waals surface area contributed by atoms with Crippen LogP contribution < -0.4 is 0 Å². The van der Waals surface area contributed by atoms with Crippen LogP contribution in [-0.2, 0) is 21.9 Å². The molecule has 1 aromatic carbocycles. The summed E-state index contributed by atoms with van der Waals surface area (Å²) in [5, 5.41) is 0.0980. The van der Waals surface area contributed by atoms with Crippen LogP contribution in [0.15, 0.2) is 47.9 Å². The van der Waals surface area contributed by atoms with Crippen molar-refractivity contribution in [1.29, 1.82) is 0 Å². The van der Waals surface area contributed by atoms with Gasteiger partial charge in [-0.2, -0.15) is 4.31 Å². The van der Waals surface area contributed by atoms with Crippen LogP contribution in [0.1, 0.15) is 24.8 Å². The van der Waals surface area contributed by atoms with Crippen LogP contribution in [-0.4, -0.2) is 59.3 Å². The van der Waals surface area contributed by atoms with Crippen molar-refractivity contribution in [3.8, 4) is 11.8 Å². The lowest BCUT2D eigenvalue weighted by atomic mass is 9.78. The Morgan fingerprint density at radius 1 is 1.10 bits per heavy atom. The molecule has 0 bridgehead atoms. The molecule has 2 fully saturated rings. The highest BCUT2D eigenvalue weighted by atomic mass is 32.2. The number of aromatic nitrogens is 2. The number of amides is 1. The van der Waals surface area contributed by atoms with E-state index in [0.29, 0.717) is 26.2 Å². The number of likely N-dealkylation sites (tertiary alicyclic amines) is 1. The van der Waals surface area contributed by atoms with E-state index in [9.17, 15) is 13.2 Å². The minimum absolute atomic E-state index is 0.0640. The van der Waals surface area contributed by atoms with E-state index in [0.717, 1.165) is 24.8 Å². The fourth-order valence-corrected chi connectivity index (χ4v) is 5.59. The number of hydrogen-bond acceptors (Lipinski definition) is 4. The van der Waals surface area contributed by atoms with Crippen LogP contribution >= 0.6 is 0 Å². The van der Waals surface area contributed by atoms with Gasteiger partial charge in [-0.1, -0.05) is 24.1 Å². The summed E-state index contributed by atoms with van der Waals surface area (Å²) in [5.41, 5.74) is 0.756. The highest BCUT2D eigenvalue weighted by Gasteiger charge is 2.45. The van der Waals surface area contributed by atoms with E-state index in [1.54, 1.807) is 20.8 Å². The number of hydrogen-bond donors (Lipinski definition) is 0. The Morgan fingerprint density at radius 3 is 2.45 bits per heavy atom. The number of benzene rings is 1. The van der Waals surface area contributed by atoms with Gasteiger partial charge in [-0.3, -0.25) is 4.79 Å². The zero-order chi connectivity index (χ0) is 20.5. The topological polar surface area (TPSA) is 75.5 Å². The summed E-state index contributed by atoms with van der Waals surface area (Å²) in [6, 6.07) is 9.45. The molecule has 7 nitrogen and oxygen atoms in total. The molecule has 2 aliphatic heterocycles. The molecule has 0 aliphatic carbocycles. The molecule has 0 N–H and O–H groups in total. The van der Waals surface area contributed by atoms with Crippen molar-refractivity contribution in [2.24, 2.45) is 12.5 Å². The molecule has 152 valence electrons. The lowest BCUT2D eigenvalue weighted by Gasteiger charge is -2.38. The highest BCUT2D eigenvalue weighted by molar-refractivity contribution is 7.89. The largest absolute Gasteiger partial charge is 0.339 e. The zero-order valence-corrected chi connectivity index (χ0v) is 17.2. The van der Waals surface area contributed by atoms with Crippen molar-refractivity contribution in [3.05, 3.63) is 48.4 Å². The third-order valence-electron chi connectivity index (χ3n) is 5.89. The van der Waals surface area contributed by atoms with E-state index >= 15 is 0 Å². The van der Waals surface area contributed by atoms with E-state index in [2.05, 4.69) is 16.8 Å². The third kappa shape index (κ3) is 4.07. The molecule has 0 unspecified atom stereocenters. The Morgan fingerprint density at radius 2 is 1.79 bits per heavy atom. The molecule has 3 heterocycles. The third-order valence-corrected chi connectivity index (χ3v) is 7.62. The van der Waals surface area contributed by atoms with Gasteiger partial charge in [0.25, 0.3) is 15.9 Å². The van der Waals surface area contributed by atoms with E-state index < -0.39 is 10.0 Å². The molecule has 1 spiro atoms. The van der Waals surface area contributed by atoms with E-state index in [4.69, 9.17) is 0 Å². The number of imidazole rings is 1. The van der Waals surface area contributed by atoms with Crippen molar-refractivity contribution in [2.75, 3.05) is 26.2 Å². The van der Waals surface area contributed by atoms with Gasteiger partial charge in [0.05, 0.1) is 6.33 Å². The molecule has 2 aromatic rings. The van der Waals surface area contributed by atoms with Crippen LogP contribution in [0.5, 0.6) is 0 Å². The van der Waals surface area contributed by atoms with Gasteiger partial charge in [-0.05, 0) is 36.8 Å². The summed E-state index contributed by atoms with van der Waals surface area (Å²) in [6.07, 6.45) is 5.43. The summed E-state index contributed by atoms with van der Waals surface area (Å²) in [6.45, 7) is 2.21. The summed E-state index contributed by atoms with van der Waals surface area (Å²) in [5.74, 6) is 5.47. The SMILES string of the molecule is Cn1cnc(S(=O)(=O)N2CCC3(CCN(C(=O)C#Cc4ccccc4)CC3)C2)c1. The molecular formula is C21H24N4O3S. The van der Waals surface area contributed by atoms with E-state index in [1.807, 2.05) is 30.3 Å². The molecule has 0 saturated carbocycles. The predicted octanol–water partition coefficient (Wildman–Crippen LogP) is 1.47. The maximum absolute atomic E-state index is 12.8. The second-order valence-corrected chi connectivity index (χ2v) is 9.76. The maximum atomic E-state index is 12.8. The van der Waals surface area contributed by atoms with Gasteiger partial charge in [0, 0.05) is 50.9 Å². The van der Waals surface area contributed by atoms with E-state index in [-0.39, 0.29) is 16.3 Å². The number of carbonyl (C=O) groups excluding carboxylic acids is 1. The van der Waals surface area contributed by atoms with Gasteiger partial charge < -0.3 is 9.47 Å². The molecule has 29 heavy (non-hydrogen) atoms. The van der Waals surface area contributed by atoms with Crippen LogP contribution in [0.2, 0.25) is 0 Å². The normalized spacial score (nSPS) is 19.1. The Labute approximate surface area is 171 Å². The number of carbonyl (C=O) groups is 1. The molecule has 2 saturated heterocycles. The number of aryl methyl sites for hydroxylation is 1. The lowest BCUT2D eigenvalue weighted by molar-refractivity contribution is -0.127. The molecule has 0 radical (unpaired) electrons. The number of nitrogens with zero attached hydrogens (tertiary/aromatic N) is 4. The van der Waals surface area contributed by atoms with Crippen molar-refractivity contribution in [2.45, 2.75) is 24.3 Å². The average Bonchev–Trinajstić information content (AvgIpc) is 3.35. The standard InChI is InChI=1S/C21H24N4O3S/c1-23-15-19(22-17-23)29(27,28)25-14-11-21(16-25)9-12-24(13-10-21)20(26)8-7-18-5-3-2-4-6-18/h2-6,15,17H,9-14,16H2,1H3. The van der Waals surface area contributed by atoms with Gasteiger partial charge in [0.1, 0.15) is 0 Å². The first kappa shape index (κ1) is 19.7. The van der Waals surface area contributed by atoms with Crippen molar-refractivity contribution >= 4 is 15.9 Å². The second kappa shape index (κ2) is 7.65. The summed E-state index contributed by atoms with van der Waals surface area (Å²) in [7, 11) is -1.81. The number of sulfonamides is 1. The summed E-state index contributed by atoms with van der Waals surface area (Å²) >= 11 is 0.